The number of amides is 1. The highest BCUT2D eigenvalue weighted by Crippen LogP contribution is 2.32. The Morgan fingerprint density at radius 1 is 1.00 bits per heavy atom. The predicted octanol–water partition coefficient (Wildman–Crippen LogP) is 3.86. The summed E-state index contributed by atoms with van der Waals surface area (Å²) in [7, 11) is 0. The third-order valence-electron chi connectivity index (χ3n) is 6.23. The molecule has 1 atom stereocenters. The Morgan fingerprint density at radius 3 is 2.36 bits per heavy atom. The van der Waals surface area contributed by atoms with Crippen LogP contribution < -0.4 is 0 Å². The summed E-state index contributed by atoms with van der Waals surface area (Å²) in [6, 6.07) is 11.8. The van der Waals surface area contributed by atoms with Crippen molar-refractivity contribution in [3.8, 4) is 17.1 Å². The van der Waals surface area contributed by atoms with Gasteiger partial charge in [-0.2, -0.15) is 18.2 Å². The van der Waals surface area contributed by atoms with Gasteiger partial charge < -0.3 is 9.42 Å². The fourth-order valence-corrected chi connectivity index (χ4v) is 4.12. The van der Waals surface area contributed by atoms with Crippen LogP contribution in [0.4, 0.5) is 13.2 Å². The zero-order chi connectivity index (χ0) is 25.3. The number of piperazine rings is 1. The van der Waals surface area contributed by atoms with Gasteiger partial charge in [-0.15, -0.1) is 10.2 Å². The van der Waals surface area contributed by atoms with E-state index in [4.69, 9.17) is 4.52 Å². The molecule has 2 aromatic carbocycles. The van der Waals surface area contributed by atoms with Gasteiger partial charge >= 0.3 is 6.18 Å². The summed E-state index contributed by atoms with van der Waals surface area (Å²) in [5.41, 5.74) is 0.918. The summed E-state index contributed by atoms with van der Waals surface area (Å²) < 4.78 is 46.2. The van der Waals surface area contributed by atoms with Crippen LogP contribution in [0.3, 0.4) is 0 Å². The van der Waals surface area contributed by atoms with Gasteiger partial charge in [0.2, 0.25) is 11.7 Å². The molecular formula is C24H22F3N7O2. The largest absolute Gasteiger partial charge is 0.416 e. The van der Waals surface area contributed by atoms with Crippen molar-refractivity contribution in [2.75, 3.05) is 26.2 Å². The van der Waals surface area contributed by atoms with Crippen molar-refractivity contribution >= 4 is 5.91 Å². The number of rotatable bonds is 5. The molecular weight excluding hydrogens is 475 g/mol. The summed E-state index contributed by atoms with van der Waals surface area (Å²) >= 11 is 0. The van der Waals surface area contributed by atoms with E-state index < -0.39 is 11.7 Å². The monoisotopic (exact) mass is 497 g/mol. The number of hydrogen-bond donors (Lipinski definition) is 0. The number of nitrogens with zero attached hydrogens (tertiary/aromatic N) is 7. The average molecular weight is 497 g/mol. The number of hydrogen-bond acceptors (Lipinski definition) is 7. The molecule has 1 amide bonds. The van der Waals surface area contributed by atoms with Crippen molar-refractivity contribution in [1.29, 1.82) is 0 Å². The van der Waals surface area contributed by atoms with Crippen LogP contribution in [0.5, 0.6) is 0 Å². The van der Waals surface area contributed by atoms with Crippen LogP contribution >= 0.6 is 0 Å². The van der Waals surface area contributed by atoms with E-state index in [1.54, 1.807) is 34.3 Å². The second kappa shape index (κ2) is 9.53. The average Bonchev–Trinajstić information content (AvgIpc) is 3.61. The molecule has 1 saturated heterocycles. The van der Waals surface area contributed by atoms with Crippen LogP contribution in [0.1, 0.15) is 34.8 Å². The highest BCUT2D eigenvalue weighted by atomic mass is 19.4. The molecule has 0 spiro atoms. The SMILES string of the molecule is CC(c1nc(-c2cccc(C(F)(F)F)c2)no1)N1CCN(C(=O)c2ccc(-n3cnnc3)cc2)CC1. The molecule has 0 radical (unpaired) electrons. The highest BCUT2D eigenvalue weighted by Gasteiger charge is 2.31. The molecule has 9 nitrogen and oxygen atoms in total. The third-order valence-corrected chi connectivity index (χ3v) is 6.23. The van der Waals surface area contributed by atoms with E-state index in [1.807, 2.05) is 19.1 Å². The second-order valence-corrected chi connectivity index (χ2v) is 8.45. The first-order valence-electron chi connectivity index (χ1n) is 11.3. The molecule has 2 aromatic heterocycles. The van der Waals surface area contributed by atoms with Gasteiger partial charge in [0.1, 0.15) is 12.7 Å². The number of alkyl halides is 3. The van der Waals surface area contributed by atoms with Crippen LogP contribution in [0.2, 0.25) is 0 Å². The molecule has 0 saturated carbocycles. The molecule has 5 rings (SSSR count). The van der Waals surface area contributed by atoms with Gasteiger partial charge in [-0.25, -0.2) is 0 Å². The van der Waals surface area contributed by atoms with Gasteiger partial charge in [0.05, 0.1) is 11.6 Å². The van der Waals surface area contributed by atoms with Gasteiger partial charge in [0.15, 0.2) is 0 Å². The molecule has 4 aromatic rings. The van der Waals surface area contributed by atoms with Crippen LogP contribution in [-0.4, -0.2) is 66.8 Å². The van der Waals surface area contributed by atoms with Crippen molar-refractivity contribution in [1.82, 2.24) is 34.7 Å². The molecule has 0 aliphatic carbocycles. The fraction of sp³-hybridized carbons (Fsp3) is 0.292. The minimum atomic E-state index is -4.45. The first-order chi connectivity index (χ1) is 17.3. The van der Waals surface area contributed by atoms with E-state index in [2.05, 4.69) is 25.2 Å². The Bertz CT molecular complexity index is 1330. The van der Waals surface area contributed by atoms with Crippen LogP contribution in [0.25, 0.3) is 17.1 Å². The van der Waals surface area contributed by atoms with Crippen LogP contribution in [0.15, 0.2) is 65.7 Å². The molecule has 186 valence electrons. The summed E-state index contributed by atoms with van der Waals surface area (Å²) in [5.74, 6) is 0.362. The molecule has 12 heteroatoms. The Balaban J connectivity index is 1.20. The number of carbonyl (C=O) groups is 1. The zero-order valence-electron chi connectivity index (χ0n) is 19.3. The van der Waals surface area contributed by atoms with Gasteiger partial charge in [-0.1, -0.05) is 17.3 Å². The lowest BCUT2D eigenvalue weighted by molar-refractivity contribution is -0.137. The van der Waals surface area contributed by atoms with E-state index in [0.29, 0.717) is 37.6 Å². The van der Waals surface area contributed by atoms with E-state index >= 15 is 0 Å². The minimum Gasteiger partial charge on any atom is -0.337 e. The lowest BCUT2D eigenvalue weighted by atomic mass is 10.1. The Kier molecular flexibility index (Phi) is 6.27. The van der Waals surface area contributed by atoms with Crippen LogP contribution in [-0.2, 0) is 6.18 Å². The number of aromatic nitrogens is 5. The molecule has 0 bridgehead atoms. The summed E-state index contributed by atoms with van der Waals surface area (Å²) in [6.07, 6.45) is -1.28. The maximum Gasteiger partial charge on any atom is 0.416 e. The first-order valence-corrected chi connectivity index (χ1v) is 11.3. The standard InChI is InChI=1S/C24H22F3N7O2/c1-16(22-30-21(31-36-22)18-3-2-4-19(13-18)24(25,26)27)32-9-11-33(12-10-32)23(35)17-5-7-20(8-6-17)34-14-28-29-15-34/h2-8,13-16H,9-12H2,1H3. The third kappa shape index (κ3) is 4.85. The van der Waals surface area contributed by atoms with E-state index in [1.165, 1.54) is 12.1 Å². The molecule has 1 unspecified atom stereocenters. The second-order valence-electron chi connectivity index (χ2n) is 8.45. The molecule has 0 N–H and O–H groups in total. The van der Waals surface area contributed by atoms with Crippen LogP contribution in [0, 0.1) is 0 Å². The maximum atomic E-state index is 13.0. The Labute approximate surface area is 204 Å². The molecule has 3 heterocycles. The van der Waals surface area contributed by atoms with E-state index in [-0.39, 0.29) is 23.3 Å². The maximum absolute atomic E-state index is 13.0. The molecule has 1 aliphatic rings. The number of halogens is 3. The fourth-order valence-electron chi connectivity index (χ4n) is 4.12. The zero-order valence-corrected chi connectivity index (χ0v) is 19.3. The minimum absolute atomic E-state index is 0.0535. The topological polar surface area (TPSA) is 93.2 Å². The summed E-state index contributed by atoms with van der Waals surface area (Å²) in [4.78, 5) is 21.2. The van der Waals surface area contributed by atoms with E-state index in [0.717, 1.165) is 17.8 Å². The summed E-state index contributed by atoms with van der Waals surface area (Å²) in [5, 5.41) is 11.4. The smallest absolute Gasteiger partial charge is 0.337 e. The molecule has 36 heavy (non-hydrogen) atoms. The molecule has 1 aliphatic heterocycles. The molecule has 1 fully saturated rings. The van der Waals surface area contributed by atoms with E-state index in [9.17, 15) is 18.0 Å². The lowest BCUT2D eigenvalue weighted by Crippen LogP contribution is -2.49. The van der Waals surface area contributed by atoms with Crippen molar-refractivity contribution in [2.24, 2.45) is 0 Å². The lowest BCUT2D eigenvalue weighted by Gasteiger charge is -2.36. The van der Waals surface area contributed by atoms with Gasteiger partial charge in [-0.3, -0.25) is 14.3 Å². The summed E-state index contributed by atoms with van der Waals surface area (Å²) in [6.45, 7) is 4.11. The van der Waals surface area contributed by atoms with Gasteiger partial charge in [0.25, 0.3) is 5.91 Å². The quantitative estimate of drug-likeness (QED) is 0.413. The van der Waals surface area contributed by atoms with Crippen molar-refractivity contribution in [2.45, 2.75) is 19.1 Å². The predicted molar refractivity (Wildman–Crippen MR) is 122 cm³/mol. The first kappa shape index (κ1) is 23.7. The highest BCUT2D eigenvalue weighted by molar-refractivity contribution is 5.94. The number of benzene rings is 2. The Morgan fingerprint density at radius 2 is 1.69 bits per heavy atom. The van der Waals surface area contributed by atoms with Crippen molar-refractivity contribution in [3.05, 3.63) is 78.2 Å². The normalized spacial score (nSPS) is 15.7. The van der Waals surface area contributed by atoms with Crippen molar-refractivity contribution in [3.63, 3.8) is 0 Å². The number of carbonyl (C=O) groups excluding carboxylic acids is 1. The van der Waals surface area contributed by atoms with Crippen molar-refractivity contribution < 1.29 is 22.5 Å². The Hall–Kier alpha value is -4.06. The van der Waals surface area contributed by atoms with Gasteiger partial charge in [-0.05, 0) is 43.3 Å². The van der Waals surface area contributed by atoms with Gasteiger partial charge in [0, 0.05) is 43.0 Å².